The molecule has 0 saturated heterocycles. The molecule has 0 unspecified atom stereocenters. The second-order valence-corrected chi connectivity index (χ2v) is 8.22. The van der Waals surface area contributed by atoms with Crippen molar-refractivity contribution in [2.24, 2.45) is 0 Å². The third-order valence-corrected chi connectivity index (χ3v) is 5.49. The second-order valence-electron chi connectivity index (χ2n) is 8.22. The number of carbonyl (C=O) groups excluding carboxylic acids is 2. The monoisotopic (exact) mass is 458 g/mol. The maximum atomic E-state index is 12.8. The molecular formula is C24H26N8O2. The Kier molecular flexibility index (Phi) is 6.48. The number of benzene rings is 2. The zero-order chi connectivity index (χ0) is 24.2. The Morgan fingerprint density at radius 1 is 0.676 bits per heavy atom. The Morgan fingerprint density at radius 2 is 1.03 bits per heavy atom. The molecule has 0 bridgehead atoms. The lowest BCUT2D eigenvalue weighted by atomic mass is 10.2. The van der Waals surface area contributed by atoms with Crippen LogP contribution in [0.2, 0.25) is 0 Å². The third kappa shape index (κ3) is 5.01. The average Bonchev–Trinajstić information content (AvgIpc) is 3.53. The summed E-state index contributed by atoms with van der Waals surface area (Å²) in [5.41, 5.74) is 4.39. The van der Waals surface area contributed by atoms with Crippen LogP contribution in [0.3, 0.4) is 0 Å². The predicted molar refractivity (Wildman–Crippen MR) is 126 cm³/mol. The van der Waals surface area contributed by atoms with Crippen LogP contribution in [0.4, 0.5) is 0 Å². The van der Waals surface area contributed by atoms with Gasteiger partial charge in [-0.3, -0.25) is 9.59 Å². The molecule has 4 aromatic rings. The molecule has 2 aromatic heterocycles. The Labute approximate surface area is 197 Å². The van der Waals surface area contributed by atoms with E-state index in [1.165, 1.54) is 9.80 Å². The van der Waals surface area contributed by atoms with Gasteiger partial charge in [-0.25, -0.2) is 9.36 Å². The minimum atomic E-state index is -0.274. The molecule has 2 aromatic carbocycles. The number of aryl methyl sites for hydroxylation is 2. The molecule has 0 aliphatic rings. The first-order chi connectivity index (χ1) is 16.3. The Hall–Kier alpha value is -4.34. The highest BCUT2D eigenvalue weighted by molar-refractivity contribution is 5.92. The van der Waals surface area contributed by atoms with Crippen LogP contribution < -0.4 is 0 Å². The zero-order valence-electron chi connectivity index (χ0n) is 19.6. The number of hydrogen-bond donors (Lipinski definition) is 0. The zero-order valence-corrected chi connectivity index (χ0v) is 19.6. The summed E-state index contributed by atoms with van der Waals surface area (Å²) in [6.07, 6.45) is 3.20. The summed E-state index contributed by atoms with van der Waals surface area (Å²) >= 11 is 0. The lowest BCUT2D eigenvalue weighted by Gasteiger charge is -2.21. The lowest BCUT2D eigenvalue weighted by molar-refractivity contribution is 0.0712. The topological polar surface area (TPSA) is 102 Å². The molecule has 2 amide bonds. The fourth-order valence-electron chi connectivity index (χ4n) is 3.27. The normalized spacial score (nSPS) is 10.8. The van der Waals surface area contributed by atoms with Gasteiger partial charge in [-0.15, -0.1) is 10.2 Å². The first-order valence-corrected chi connectivity index (χ1v) is 10.8. The molecule has 0 atom stereocenters. The molecule has 0 aliphatic carbocycles. The van der Waals surface area contributed by atoms with Gasteiger partial charge in [-0.1, -0.05) is 45.8 Å². The molecule has 34 heavy (non-hydrogen) atoms. The highest BCUT2D eigenvalue weighted by Crippen LogP contribution is 2.11. The predicted octanol–water partition coefficient (Wildman–Crippen LogP) is 2.31. The maximum Gasteiger partial charge on any atom is 0.275 e. The van der Waals surface area contributed by atoms with Crippen LogP contribution in [-0.2, 0) is 0 Å². The molecule has 4 rings (SSSR count). The second kappa shape index (κ2) is 9.65. The quantitative estimate of drug-likeness (QED) is 0.421. The van der Waals surface area contributed by atoms with E-state index >= 15 is 0 Å². The van der Waals surface area contributed by atoms with Crippen molar-refractivity contribution in [2.75, 3.05) is 27.2 Å². The summed E-state index contributed by atoms with van der Waals surface area (Å²) in [5, 5.41) is 16.1. The van der Waals surface area contributed by atoms with Gasteiger partial charge in [0.25, 0.3) is 11.8 Å². The highest BCUT2D eigenvalue weighted by Gasteiger charge is 2.20. The summed E-state index contributed by atoms with van der Waals surface area (Å²) in [6.45, 7) is 4.65. The van der Waals surface area contributed by atoms with Crippen molar-refractivity contribution in [3.8, 4) is 11.4 Å². The van der Waals surface area contributed by atoms with Crippen LogP contribution in [0.15, 0.2) is 60.9 Å². The molecule has 10 nitrogen and oxygen atoms in total. The largest absolute Gasteiger partial charge is 0.338 e. The van der Waals surface area contributed by atoms with Gasteiger partial charge in [-0.05, 0) is 38.1 Å². The summed E-state index contributed by atoms with van der Waals surface area (Å²) < 4.78 is 3.13. The molecular weight excluding hydrogens is 432 g/mol. The van der Waals surface area contributed by atoms with E-state index in [2.05, 4.69) is 20.6 Å². The summed E-state index contributed by atoms with van der Waals surface area (Å²) in [6, 6.07) is 15.5. The molecule has 0 fully saturated rings. The van der Waals surface area contributed by atoms with E-state index in [1.54, 1.807) is 35.9 Å². The van der Waals surface area contributed by atoms with E-state index in [1.807, 2.05) is 62.4 Å². The van der Waals surface area contributed by atoms with E-state index < -0.39 is 0 Å². The molecule has 0 spiro atoms. The van der Waals surface area contributed by atoms with E-state index in [0.29, 0.717) is 13.1 Å². The molecule has 10 heteroatoms. The number of carbonyl (C=O) groups is 2. The smallest absolute Gasteiger partial charge is 0.275 e. The van der Waals surface area contributed by atoms with E-state index in [4.69, 9.17) is 0 Å². The standard InChI is InChI=1S/C24H26N8O2/c1-17-5-9-19(10-6-17)31-15-21(25-27-31)23(33)29(3)13-14-30(4)24(34)22-16-32(28-26-22)20-11-7-18(2)8-12-20/h5-12,15-16H,13-14H2,1-4H3. The third-order valence-electron chi connectivity index (χ3n) is 5.49. The van der Waals surface area contributed by atoms with E-state index in [9.17, 15) is 9.59 Å². The van der Waals surface area contributed by atoms with Gasteiger partial charge >= 0.3 is 0 Å². The van der Waals surface area contributed by atoms with Crippen molar-refractivity contribution in [1.29, 1.82) is 0 Å². The van der Waals surface area contributed by atoms with Crippen LogP contribution in [-0.4, -0.2) is 78.8 Å². The van der Waals surface area contributed by atoms with Crippen LogP contribution in [0, 0.1) is 13.8 Å². The first-order valence-electron chi connectivity index (χ1n) is 10.8. The fourth-order valence-corrected chi connectivity index (χ4v) is 3.27. The molecule has 0 aliphatic heterocycles. The highest BCUT2D eigenvalue weighted by atomic mass is 16.2. The van der Waals surface area contributed by atoms with Crippen molar-refractivity contribution in [3.63, 3.8) is 0 Å². The van der Waals surface area contributed by atoms with Crippen LogP contribution in [0.5, 0.6) is 0 Å². The van der Waals surface area contributed by atoms with Crippen molar-refractivity contribution in [1.82, 2.24) is 39.8 Å². The number of rotatable bonds is 7. The lowest BCUT2D eigenvalue weighted by Crippen LogP contribution is -2.37. The van der Waals surface area contributed by atoms with E-state index in [0.717, 1.165) is 22.5 Å². The number of hydrogen-bond acceptors (Lipinski definition) is 6. The van der Waals surface area contributed by atoms with Crippen LogP contribution in [0.25, 0.3) is 11.4 Å². The molecule has 2 heterocycles. The van der Waals surface area contributed by atoms with Gasteiger partial charge < -0.3 is 9.80 Å². The Balaban J connectivity index is 1.34. The summed E-state index contributed by atoms with van der Waals surface area (Å²) in [4.78, 5) is 28.5. The van der Waals surface area contributed by atoms with Crippen molar-refractivity contribution < 1.29 is 9.59 Å². The van der Waals surface area contributed by atoms with Gasteiger partial charge in [0, 0.05) is 27.2 Å². The minimum absolute atomic E-state index is 0.234. The van der Waals surface area contributed by atoms with Gasteiger partial charge in [0.15, 0.2) is 11.4 Å². The van der Waals surface area contributed by atoms with Crippen LogP contribution >= 0.6 is 0 Å². The molecule has 0 radical (unpaired) electrons. The molecule has 0 saturated carbocycles. The summed E-state index contributed by atoms with van der Waals surface area (Å²) in [5.74, 6) is -0.547. The maximum absolute atomic E-state index is 12.8. The SMILES string of the molecule is Cc1ccc(-n2cc(C(=O)N(C)CCN(C)C(=O)c3cn(-c4ccc(C)cc4)nn3)nn2)cc1. The fraction of sp³-hybridized carbons (Fsp3) is 0.250. The first kappa shape index (κ1) is 22.8. The number of amides is 2. The average molecular weight is 459 g/mol. The van der Waals surface area contributed by atoms with Gasteiger partial charge in [0.05, 0.1) is 23.8 Å². The van der Waals surface area contributed by atoms with Crippen LogP contribution in [0.1, 0.15) is 32.1 Å². The van der Waals surface area contributed by atoms with Gasteiger partial charge in [0.2, 0.25) is 0 Å². The summed E-state index contributed by atoms with van der Waals surface area (Å²) in [7, 11) is 3.33. The number of aromatic nitrogens is 6. The van der Waals surface area contributed by atoms with Crippen molar-refractivity contribution in [2.45, 2.75) is 13.8 Å². The van der Waals surface area contributed by atoms with Crippen molar-refractivity contribution >= 4 is 11.8 Å². The minimum Gasteiger partial charge on any atom is -0.338 e. The molecule has 0 N–H and O–H groups in total. The number of nitrogens with zero attached hydrogens (tertiary/aromatic N) is 8. The number of likely N-dealkylation sites (N-methyl/N-ethyl adjacent to an activating group) is 2. The Bertz CT molecular complexity index is 1190. The van der Waals surface area contributed by atoms with Crippen molar-refractivity contribution in [3.05, 3.63) is 83.4 Å². The Morgan fingerprint density at radius 3 is 1.38 bits per heavy atom. The molecule has 174 valence electrons. The van der Waals surface area contributed by atoms with E-state index in [-0.39, 0.29) is 23.2 Å². The van der Waals surface area contributed by atoms with Gasteiger partial charge in [-0.2, -0.15) is 0 Å². The van der Waals surface area contributed by atoms with Gasteiger partial charge in [0.1, 0.15) is 0 Å².